The molecule has 1 unspecified atom stereocenters. The van der Waals surface area contributed by atoms with Gasteiger partial charge in [0.1, 0.15) is 11.9 Å². The van der Waals surface area contributed by atoms with Gasteiger partial charge in [0.25, 0.3) is 0 Å². The Kier molecular flexibility index (Phi) is 4.36. The summed E-state index contributed by atoms with van der Waals surface area (Å²) in [5, 5.41) is 12.3. The molecule has 1 aromatic heterocycles. The Balaban J connectivity index is 0.00000147. The molecule has 0 saturated carbocycles. The minimum Gasteiger partial charge on any atom is -0.480 e. The number of nitrogens with one attached hydrogen (secondary N) is 1. The molecule has 1 saturated heterocycles. The van der Waals surface area contributed by atoms with Crippen LogP contribution < -0.4 is 10.2 Å². The maximum atomic E-state index is 11.3. The molecule has 2 N–H and O–H groups in total. The molecule has 1 atom stereocenters. The maximum absolute atomic E-state index is 11.3. The maximum Gasteiger partial charge on any atom is 0.327 e. The minimum atomic E-state index is -0.845. The normalized spacial score (nSPS) is 18.6. The topological polar surface area (TPSA) is 78.4 Å². The van der Waals surface area contributed by atoms with E-state index < -0.39 is 12.0 Å². The first kappa shape index (κ1) is 14.5. The summed E-state index contributed by atoms with van der Waals surface area (Å²) in [6.07, 6.45) is 1.64. The predicted molar refractivity (Wildman–Crippen MR) is 78.4 cm³/mol. The summed E-state index contributed by atoms with van der Waals surface area (Å²) >= 11 is 0. The van der Waals surface area contributed by atoms with E-state index in [0.29, 0.717) is 18.9 Å². The highest BCUT2D eigenvalue weighted by atomic mass is 35.5. The van der Waals surface area contributed by atoms with Crippen LogP contribution in [0.2, 0.25) is 0 Å². The zero-order valence-electron chi connectivity index (χ0n) is 10.7. The van der Waals surface area contributed by atoms with Crippen LogP contribution in [0.3, 0.4) is 0 Å². The third kappa shape index (κ3) is 2.66. The molecule has 20 heavy (non-hydrogen) atoms. The standard InChI is InChI=1S/C13H14N4O2.ClH/c18-13(19)11-7-14-5-6-17(11)12-8-15-9-3-1-2-4-10(9)16-12;/h1-4,8,11,14H,5-7H2,(H,18,19);1H. The highest BCUT2D eigenvalue weighted by Crippen LogP contribution is 2.18. The molecule has 1 aromatic carbocycles. The zero-order valence-corrected chi connectivity index (χ0v) is 11.5. The van der Waals surface area contributed by atoms with E-state index in [4.69, 9.17) is 0 Å². The number of aromatic nitrogens is 2. The van der Waals surface area contributed by atoms with E-state index in [1.54, 1.807) is 11.1 Å². The molecule has 7 heteroatoms. The summed E-state index contributed by atoms with van der Waals surface area (Å²) in [5.74, 6) is -0.227. The zero-order chi connectivity index (χ0) is 13.2. The van der Waals surface area contributed by atoms with Crippen LogP contribution in [-0.4, -0.2) is 46.7 Å². The summed E-state index contributed by atoms with van der Waals surface area (Å²) in [7, 11) is 0. The Morgan fingerprint density at radius 2 is 2.10 bits per heavy atom. The molecule has 2 aromatic rings. The lowest BCUT2D eigenvalue weighted by atomic mass is 10.2. The Hall–Kier alpha value is -1.92. The molecule has 0 spiro atoms. The van der Waals surface area contributed by atoms with E-state index in [9.17, 15) is 9.90 Å². The fourth-order valence-electron chi connectivity index (χ4n) is 2.28. The lowest BCUT2D eigenvalue weighted by molar-refractivity contribution is -0.138. The van der Waals surface area contributed by atoms with E-state index in [2.05, 4.69) is 15.3 Å². The number of rotatable bonds is 2. The second-order valence-electron chi connectivity index (χ2n) is 4.47. The van der Waals surface area contributed by atoms with Crippen molar-refractivity contribution in [2.45, 2.75) is 6.04 Å². The molecule has 0 radical (unpaired) electrons. The molecule has 2 heterocycles. The molecule has 6 nitrogen and oxygen atoms in total. The van der Waals surface area contributed by atoms with Gasteiger partial charge >= 0.3 is 5.97 Å². The third-order valence-electron chi connectivity index (χ3n) is 3.26. The van der Waals surface area contributed by atoms with E-state index in [0.717, 1.165) is 17.6 Å². The number of carboxylic acids is 1. The average molecular weight is 295 g/mol. The molecule has 106 valence electrons. The fourth-order valence-corrected chi connectivity index (χ4v) is 2.28. The second kappa shape index (κ2) is 6.02. The van der Waals surface area contributed by atoms with Gasteiger partial charge in [0, 0.05) is 19.6 Å². The molecule has 1 aliphatic rings. The summed E-state index contributed by atoms with van der Waals surface area (Å²) in [4.78, 5) is 21.9. The molecule has 0 amide bonds. The van der Waals surface area contributed by atoms with Gasteiger partial charge in [-0.3, -0.25) is 4.98 Å². The van der Waals surface area contributed by atoms with Crippen LogP contribution in [-0.2, 0) is 4.79 Å². The molecule has 1 aliphatic heterocycles. The monoisotopic (exact) mass is 294 g/mol. The highest BCUT2D eigenvalue weighted by Gasteiger charge is 2.29. The van der Waals surface area contributed by atoms with E-state index in [1.807, 2.05) is 24.3 Å². The quantitative estimate of drug-likeness (QED) is 0.857. The molecule has 1 fully saturated rings. The number of nitrogens with zero attached hydrogens (tertiary/aromatic N) is 3. The Morgan fingerprint density at radius 3 is 2.85 bits per heavy atom. The van der Waals surface area contributed by atoms with Crippen molar-refractivity contribution in [3.63, 3.8) is 0 Å². The predicted octanol–water partition coefficient (Wildman–Crippen LogP) is 0.914. The van der Waals surface area contributed by atoms with Crippen molar-refractivity contribution < 1.29 is 9.90 Å². The summed E-state index contributed by atoms with van der Waals surface area (Å²) in [5.41, 5.74) is 1.59. The summed E-state index contributed by atoms with van der Waals surface area (Å²) < 4.78 is 0. The van der Waals surface area contributed by atoms with Gasteiger partial charge in [0.15, 0.2) is 0 Å². The smallest absolute Gasteiger partial charge is 0.327 e. The van der Waals surface area contributed by atoms with E-state index in [1.165, 1.54) is 0 Å². The summed E-state index contributed by atoms with van der Waals surface area (Å²) in [6.45, 7) is 1.78. The highest BCUT2D eigenvalue weighted by molar-refractivity contribution is 5.85. The first-order chi connectivity index (χ1) is 9.25. The number of benzene rings is 1. The number of piperazine rings is 1. The first-order valence-electron chi connectivity index (χ1n) is 6.17. The number of fused-ring (bicyclic) bond motifs is 1. The van der Waals surface area contributed by atoms with Gasteiger partial charge in [-0.05, 0) is 12.1 Å². The second-order valence-corrected chi connectivity index (χ2v) is 4.47. The first-order valence-corrected chi connectivity index (χ1v) is 6.17. The lowest BCUT2D eigenvalue weighted by Crippen LogP contribution is -2.55. The largest absolute Gasteiger partial charge is 0.480 e. The number of hydrogen-bond donors (Lipinski definition) is 2. The van der Waals surface area contributed by atoms with Crippen molar-refractivity contribution in [1.29, 1.82) is 0 Å². The number of halogens is 1. The van der Waals surface area contributed by atoms with Crippen LogP contribution in [0.5, 0.6) is 0 Å². The number of aliphatic carboxylic acids is 1. The average Bonchev–Trinajstić information content (AvgIpc) is 2.46. The van der Waals surface area contributed by atoms with Crippen LogP contribution >= 0.6 is 12.4 Å². The van der Waals surface area contributed by atoms with Gasteiger partial charge in [-0.15, -0.1) is 12.4 Å². The van der Waals surface area contributed by atoms with Crippen LogP contribution in [0.25, 0.3) is 11.0 Å². The van der Waals surface area contributed by atoms with Crippen molar-refractivity contribution in [3.05, 3.63) is 30.5 Å². The fraction of sp³-hybridized carbons (Fsp3) is 0.308. The SMILES string of the molecule is Cl.O=C(O)C1CNCCN1c1cnc2ccccc2n1. The van der Waals surface area contributed by atoms with Gasteiger partial charge in [0.2, 0.25) is 0 Å². The number of anilines is 1. The Bertz CT molecular complexity index is 622. The van der Waals surface area contributed by atoms with Crippen molar-refractivity contribution in [1.82, 2.24) is 15.3 Å². The van der Waals surface area contributed by atoms with Crippen molar-refractivity contribution >= 4 is 35.2 Å². The molecule has 0 bridgehead atoms. The van der Waals surface area contributed by atoms with Crippen molar-refractivity contribution in [3.8, 4) is 0 Å². The van der Waals surface area contributed by atoms with Gasteiger partial charge < -0.3 is 15.3 Å². The van der Waals surface area contributed by atoms with Gasteiger partial charge in [-0.2, -0.15) is 0 Å². The lowest BCUT2D eigenvalue weighted by Gasteiger charge is -2.34. The molecular formula is C13H15ClN4O2. The number of carbonyl (C=O) groups is 1. The Labute approximate surface area is 122 Å². The molecule has 0 aliphatic carbocycles. The van der Waals surface area contributed by atoms with Crippen LogP contribution in [0, 0.1) is 0 Å². The van der Waals surface area contributed by atoms with Crippen LogP contribution in [0.1, 0.15) is 0 Å². The number of para-hydroxylation sites is 2. The van der Waals surface area contributed by atoms with Crippen LogP contribution in [0.15, 0.2) is 30.5 Å². The third-order valence-corrected chi connectivity index (χ3v) is 3.26. The van der Waals surface area contributed by atoms with Gasteiger partial charge in [-0.25, -0.2) is 9.78 Å². The number of carboxylic acid groups (broad SMARTS) is 1. The van der Waals surface area contributed by atoms with Crippen molar-refractivity contribution in [2.75, 3.05) is 24.5 Å². The molecular weight excluding hydrogens is 280 g/mol. The van der Waals surface area contributed by atoms with Gasteiger partial charge in [-0.1, -0.05) is 12.1 Å². The van der Waals surface area contributed by atoms with E-state index in [-0.39, 0.29) is 12.4 Å². The van der Waals surface area contributed by atoms with E-state index >= 15 is 0 Å². The Morgan fingerprint density at radius 1 is 1.35 bits per heavy atom. The van der Waals surface area contributed by atoms with Crippen LogP contribution in [0.4, 0.5) is 5.82 Å². The molecule has 3 rings (SSSR count). The van der Waals surface area contributed by atoms with Crippen molar-refractivity contribution in [2.24, 2.45) is 0 Å². The number of hydrogen-bond acceptors (Lipinski definition) is 5. The van der Waals surface area contributed by atoms with Gasteiger partial charge in [0.05, 0.1) is 17.2 Å². The summed E-state index contributed by atoms with van der Waals surface area (Å²) in [6, 6.07) is 6.97. The minimum absolute atomic E-state index is 0.